The standard InChI is InChI=1S/C61H80N14O17S.8H2/c1-7-30(4)51-57(89)64-24-46(81)67-41-28-93-60-37(36-10-8-9-11-38(36)70-60)21-39(54(86)63-25-47(82)72-51)68-59(91)52(31(5)43(78)27-76)73-56(88)42-20-35(77)26-75(42)61(92)40(69-55(41)87)22-45(80)62-23-33-12-14-34(15-13-33)66-53(85)32(6)65-58(90)50(29(2)3)71-44(79)18-19-74-48(83)16-17-49(74)84;;;;;;;;/h8-17,29-32,35,39-43,50-52,70,76-78H,7,18-28H2,1-6H3,(H,62,80)(H,63,86)(H,64,89)(H,65,90)(H,66,85)(H,67,81)(H,68,91)(H,69,87)(H,71,79)(H,72,82)(H,73,88);8*1H/t30-,31-,32-,35?,39?,40-,41?,42-,43-,50?,51-,52-;;;;;;;;/m0......../s1. The quantitative estimate of drug-likeness (QED) is 0.0616. The minimum Gasteiger partial charge on any atom is -0.394 e. The molecule has 15 N–H and O–H groups in total. The third kappa shape index (κ3) is 18.7. The van der Waals surface area contributed by atoms with Gasteiger partial charge < -0.3 is 83.7 Å². The number of nitrogens with zero attached hydrogens (tertiary/aromatic N) is 2. The number of nitrogens with one attached hydrogen (secondary N) is 12. The number of fused-ring (bicyclic) bond motifs is 5. The Bertz CT molecular complexity index is 3420. The van der Waals surface area contributed by atoms with E-state index in [4.69, 9.17) is 0 Å². The molecule has 518 valence electrons. The second-order valence-corrected chi connectivity index (χ2v) is 24.7. The van der Waals surface area contributed by atoms with Crippen molar-refractivity contribution in [1.82, 2.24) is 68.0 Å². The molecule has 14 amide bonds. The number of hydrogen-bond donors (Lipinski definition) is 15. The van der Waals surface area contributed by atoms with Crippen LogP contribution in [0.2, 0.25) is 0 Å². The van der Waals surface area contributed by atoms with Crippen LogP contribution in [0.25, 0.3) is 10.9 Å². The fraction of sp³-hybridized carbons (Fsp3) is 0.508. The molecule has 2 aromatic carbocycles. The van der Waals surface area contributed by atoms with Gasteiger partial charge in [-0.1, -0.05) is 71.4 Å². The van der Waals surface area contributed by atoms with Gasteiger partial charge in [-0.25, -0.2) is 0 Å². The van der Waals surface area contributed by atoms with E-state index in [0.29, 0.717) is 33.5 Å². The highest BCUT2D eigenvalue weighted by atomic mass is 32.2. The Morgan fingerprint density at radius 3 is 2.06 bits per heavy atom. The van der Waals surface area contributed by atoms with Gasteiger partial charge in [0.15, 0.2) is 0 Å². The number of aromatic nitrogens is 1. The third-order valence-corrected chi connectivity index (χ3v) is 17.6. The van der Waals surface area contributed by atoms with E-state index in [1.807, 2.05) is 0 Å². The van der Waals surface area contributed by atoms with E-state index in [0.717, 1.165) is 33.7 Å². The number of rotatable bonds is 18. The van der Waals surface area contributed by atoms with E-state index in [2.05, 4.69) is 63.5 Å². The highest BCUT2D eigenvalue weighted by molar-refractivity contribution is 7.99. The molecule has 4 unspecified atom stereocenters. The molecule has 3 aromatic rings. The van der Waals surface area contributed by atoms with Crippen LogP contribution in [0.1, 0.15) is 89.8 Å². The maximum absolute atomic E-state index is 15.0. The Morgan fingerprint density at radius 1 is 0.731 bits per heavy atom. The van der Waals surface area contributed by atoms with Crippen molar-refractivity contribution < 1.29 is 93.9 Å². The van der Waals surface area contributed by atoms with Gasteiger partial charge in [-0.2, -0.15) is 0 Å². The molecule has 12 atom stereocenters. The number of H-pyrrole nitrogens is 1. The van der Waals surface area contributed by atoms with Crippen molar-refractivity contribution in [2.45, 2.75) is 146 Å². The number of aliphatic hydroxyl groups excluding tert-OH is 3. The fourth-order valence-corrected chi connectivity index (χ4v) is 11.9. The lowest BCUT2D eigenvalue weighted by atomic mass is 9.93. The van der Waals surface area contributed by atoms with Crippen LogP contribution in [0.15, 0.2) is 65.7 Å². The molecular weight excluding hydrogens is 1230 g/mol. The maximum Gasteiger partial charge on any atom is 0.253 e. The monoisotopic (exact) mass is 1330 g/mol. The third-order valence-electron chi connectivity index (χ3n) is 16.5. The second kappa shape index (κ2) is 32.3. The van der Waals surface area contributed by atoms with Crippen LogP contribution >= 0.6 is 11.8 Å². The number of hydrogen-bond acceptors (Lipinski definition) is 18. The number of imide groups is 1. The van der Waals surface area contributed by atoms with Gasteiger partial charge in [0, 0.05) is 90.7 Å². The van der Waals surface area contributed by atoms with E-state index in [9.17, 15) is 77.6 Å². The van der Waals surface area contributed by atoms with E-state index < -0.39 is 200 Å². The molecule has 4 aliphatic heterocycles. The average Bonchev–Trinajstić information content (AvgIpc) is 1.68. The molecular formula is C61H96N14O17S. The van der Waals surface area contributed by atoms with Gasteiger partial charge in [-0.3, -0.25) is 72.0 Å². The first kappa shape index (κ1) is 71.2. The summed E-state index contributed by atoms with van der Waals surface area (Å²) in [6.45, 7) is 6.32. The van der Waals surface area contributed by atoms with Crippen molar-refractivity contribution in [3.8, 4) is 0 Å². The van der Waals surface area contributed by atoms with Crippen molar-refractivity contribution in [3.63, 3.8) is 0 Å². The van der Waals surface area contributed by atoms with E-state index in [1.54, 1.807) is 64.1 Å². The summed E-state index contributed by atoms with van der Waals surface area (Å²) >= 11 is 0.989. The van der Waals surface area contributed by atoms with Gasteiger partial charge in [0.05, 0.1) is 43.4 Å². The number of anilines is 1. The molecule has 0 radical (unpaired) electrons. The number of carbonyl (C=O) groups excluding carboxylic acids is 14. The van der Waals surface area contributed by atoms with Crippen LogP contribution in [0.5, 0.6) is 0 Å². The van der Waals surface area contributed by atoms with E-state index in [1.165, 1.54) is 26.0 Å². The van der Waals surface area contributed by atoms with Crippen molar-refractivity contribution in [1.29, 1.82) is 0 Å². The maximum atomic E-state index is 15.0. The van der Waals surface area contributed by atoms with Crippen molar-refractivity contribution in [2.75, 3.05) is 43.9 Å². The number of carbonyl (C=O) groups is 14. The first-order chi connectivity index (χ1) is 44.2. The molecule has 5 heterocycles. The van der Waals surface area contributed by atoms with Gasteiger partial charge in [-0.15, -0.1) is 11.8 Å². The lowest BCUT2D eigenvalue weighted by molar-refractivity contribution is -0.144. The summed E-state index contributed by atoms with van der Waals surface area (Å²) in [6, 6.07) is 1.18. The first-order valence-electron chi connectivity index (χ1n) is 30.5. The van der Waals surface area contributed by atoms with Crippen molar-refractivity contribution in [2.24, 2.45) is 17.8 Å². The Kier molecular flexibility index (Phi) is 24.7. The normalized spacial score (nSPS) is 23.7. The molecule has 1 saturated heterocycles. The Balaban J connectivity index is 0. The summed E-state index contributed by atoms with van der Waals surface area (Å²) in [4.78, 5) is 197. The van der Waals surface area contributed by atoms with Gasteiger partial charge in [0.25, 0.3) is 11.8 Å². The van der Waals surface area contributed by atoms with Crippen LogP contribution in [0, 0.1) is 17.8 Å². The highest BCUT2D eigenvalue weighted by Crippen LogP contribution is 2.32. The minimum absolute atomic E-state index is 0. The second-order valence-electron chi connectivity index (χ2n) is 23.7. The van der Waals surface area contributed by atoms with Gasteiger partial charge in [-0.05, 0) is 48.1 Å². The Hall–Kier alpha value is -9.27. The fourth-order valence-electron chi connectivity index (χ4n) is 10.7. The summed E-state index contributed by atoms with van der Waals surface area (Å²) in [6.07, 6.45) is -2.30. The van der Waals surface area contributed by atoms with Gasteiger partial charge in [0.2, 0.25) is 70.9 Å². The summed E-state index contributed by atoms with van der Waals surface area (Å²) in [5.74, 6) is -14.0. The van der Waals surface area contributed by atoms with Crippen LogP contribution in [-0.2, 0) is 80.1 Å². The lowest BCUT2D eigenvalue weighted by Gasteiger charge is -2.33. The number of aliphatic hydroxyl groups is 3. The predicted molar refractivity (Wildman–Crippen MR) is 350 cm³/mol. The zero-order valence-electron chi connectivity index (χ0n) is 52.1. The number of benzene rings is 2. The number of amides is 14. The molecule has 4 aliphatic rings. The average molecular weight is 1330 g/mol. The lowest BCUT2D eigenvalue weighted by Crippen LogP contribution is -2.62. The van der Waals surface area contributed by atoms with Crippen LogP contribution in [0.3, 0.4) is 0 Å². The number of aromatic amines is 1. The Morgan fingerprint density at radius 2 is 1.40 bits per heavy atom. The van der Waals surface area contributed by atoms with Gasteiger partial charge >= 0.3 is 0 Å². The summed E-state index contributed by atoms with van der Waals surface area (Å²) in [5, 5.41) is 61.5. The summed E-state index contributed by atoms with van der Waals surface area (Å²) in [7, 11) is 0. The zero-order chi connectivity index (χ0) is 68.0. The highest BCUT2D eigenvalue weighted by Gasteiger charge is 2.45. The van der Waals surface area contributed by atoms with E-state index >= 15 is 4.79 Å². The SMILES string of the molecule is CC[C@H](C)[C@@H]1NC(=O)CNC(=O)C2Cc3c([nH]c4ccccc34)SCC(NC(=O)CNC1=O)C(=O)N[C@@H](CC(=O)NCc1ccc(NC(=O)[C@H](C)NC(=O)C(NC(=O)CCN3C(=O)C=CC3=O)C(C)C)cc1)C(=O)N1CC(O)C[C@H]1C(=O)N[C@@H]([C@@H](C)[C@@H](O)CO)C(=O)N2.[HH].[HH].[HH].[HH].[HH].[HH].[HH].[HH]. The molecule has 7 rings (SSSR count). The minimum atomic E-state index is -1.84. The van der Waals surface area contributed by atoms with Crippen LogP contribution in [0.4, 0.5) is 5.69 Å². The molecule has 1 aromatic heterocycles. The molecule has 1 fully saturated rings. The van der Waals surface area contributed by atoms with Crippen LogP contribution in [-0.4, -0.2) is 212 Å². The molecule has 93 heavy (non-hydrogen) atoms. The Labute approximate surface area is 550 Å². The molecule has 0 saturated carbocycles. The zero-order valence-corrected chi connectivity index (χ0v) is 52.9. The largest absolute Gasteiger partial charge is 0.394 e. The molecule has 2 bridgehead atoms. The predicted octanol–water partition coefficient (Wildman–Crippen LogP) is -1.94. The first-order valence-corrected chi connectivity index (χ1v) is 31.5. The van der Waals surface area contributed by atoms with E-state index in [-0.39, 0.29) is 48.8 Å². The molecule has 0 spiro atoms. The van der Waals surface area contributed by atoms with Gasteiger partial charge in [0.1, 0.15) is 48.3 Å². The molecule has 0 aliphatic carbocycles. The van der Waals surface area contributed by atoms with Crippen LogP contribution < -0.4 is 58.5 Å². The topological polar surface area (TPSA) is 454 Å². The summed E-state index contributed by atoms with van der Waals surface area (Å²) < 4.78 is 0. The number of para-hydroxylation sites is 1. The molecule has 32 heteroatoms. The smallest absolute Gasteiger partial charge is 0.253 e. The summed E-state index contributed by atoms with van der Waals surface area (Å²) in [5.41, 5.74) is 1.68. The molecule has 31 nitrogen and oxygen atoms in total. The van der Waals surface area contributed by atoms with Crippen molar-refractivity contribution >= 4 is 111 Å². The number of thioether (sulfide) groups is 1. The van der Waals surface area contributed by atoms with Crippen molar-refractivity contribution in [3.05, 3.63) is 71.8 Å².